The number of aromatic hydroxyl groups is 1. The number of hydrogen-bond acceptors (Lipinski definition) is 3. The van der Waals surface area contributed by atoms with Crippen molar-refractivity contribution in [3.05, 3.63) is 25.4 Å². The topological polar surface area (TPSA) is 85.9 Å². The highest BCUT2D eigenvalue weighted by Gasteiger charge is 2.01. The molecule has 0 radical (unpaired) electrons. The lowest BCUT2D eigenvalue weighted by Crippen LogP contribution is -2.21. The number of aromatic nitrogens is 2. The summed E-state index contributed by atoms with van der Waals surface area (Å²) in [5.41, 5.74) is -1.47. The Balaban J connectivity index is 3.62. The Morgan fingerprint density at radius 2 is 1.90 bits per heavy atom. The summed E-state index contributed by atoms with van der Waals surface area (Å²) >= 11 is 2.77. The van der Waals surface area contributed by atoms with Crippen LogP contribution in [-0.4, -0.2) is 15.1 Å². The molecule has 1 aromatic heterocycles. The maximum absolute atomic E-state index is 10.5. The summed E-state index contributed by atoms with van der Waals surface area (Å²) in [6.07, 6.45) is 0. The smallest absolute Gasteiger partial charge is 0.326 e. The lowest BCUT2D eigenvalue weighted by molar-refractivity contribution is 0.457. The minimum absolute atomic E-state index is 0.0127. The maximum Gasteiger partial charge on any atom is 0.326 e. The van der Waals surface area contributed by atoms with Gasteiger partial charge in [-0.3, -0.25) is 14.8 Å². The van der Waals surface area contributed by atoms with Gasteiger partial charge in [0, 0.05) is 0 Å². The second kappa shape index (κ2) is 2.30. The fourth-order valence-corrected chi connectivity index (χ4v) is 0.812. The van der Waals surface area contributed by atoms with Gasteiger partial charge in [0.15, 0.2) is 0 Å². The van der Waals surface area contributed by atoms with Crippen molar-refractivity contribution in [3.63, 3.8) is 0 Å². The summed E-state index contributed by atoms with van der Waals surface area (Å²) in [6.45, 7) is 0. The number of nitrogens with one attached hydrogen (secondary N) is 2. The first-order chi connectivity index (χ1) is 4.61. The van der Waals surface area contributed by atoms with E-state index in [9.17, 15) is 9.59 Å². The molecule has 0 atom stereocenters. The summed E-state index contributed by atoms with van der Waals surface area (Å²) in [5.74, 6) is -0.528. The molecule has 5 nitrogen and oxygen atoms in total. The van der Waals surface area contributed by atoms with Gasteiger partial charge >= 0.3 is 5.69 Å². The molecule has 0 aromatic carbocycles. The highest BCUT2D eigenvalue weighted by atomic mass is 79.9. The molecule has 54 valence electrons. The third-order valence-electron chi connectivity index (χ3n) is 0.873. The fourth-order valence-electron chi connectivity index (χ4n) is 0.452. The lowest BCUT2D eigenvalue weighted by atomic mass is 10.6. The number of aromatic amines is 2. The van der Waals surface area contributed by atoms with E-state index in [2.05, 4.69) is 20.9 Å². The monoisotopic (exact) mass is 206 g/mol. The van der Waals surface area contributed by atoms with Crippen molar-refractivity contribution >= 4 is 15.9 Å². The van der Waals surface area contributed by atoms with Crippen LogP contribution in [0, 0.1) is 0 Å². The fraction of sp³-hybridized carbons (Fsp3) is 0. The first kappa shape index (κ1) is 7.07. The average Bonchev–Trinajstić information content (AvgIpc) is 1.82. The van der Waals surface area contributed by atoms with Crippen LogP contribution in [0.5, 0.6) is 5.75 Å². The highest BCUT2D eigenvalue weighted by molar-refractivity contribution is 9.10. The molecule has 10 heavy (non-hydrogen) atoms. The van der Waals surface area contributed by atoms with Crippen molar-refractivity contribution in [2.45, 2.75) is 0 Å². The molecule has 3 N–H and O–H groups in total. The largest absolute Gasteiger partial charge is 0.501 e. The van der Waals surface area contributed by atoms with Crippen molar-refractivity contribution in [1.82, 2.24) is 9.97 Å². The normalized spacial score (nSPS) is 9.70. The van der Waals surface area contributed by atoms with Gasteiger partial charge in [-0.15, -0.1) is 0 Å². The Hall–Kier alpha value is -1.04. The number of halogens is 1. The number of H-pyrrole nitrogens is 2. The highest BCUT2D eigenvalue weighted by Crippen LogP contribution is 2.11. The molecule has 0 bridgehead atoms. The SMILES string of the molecule is O=c1[nH]c(Br)c(O)c(=O)[nH]1. The van der Waals surface area contributed by atoms with E-state index in [0.717, 1.165) is 0 Å². The predicted molar refractivity (Wildman–Crippen MR) is 37.0 cm³/mol. The van der Waals surface area contributed by atoms with Gasteiger partial charge in [0.2, 0.25) is 5.75 Å². The van der Waals surface area contributed by atoms with Gasteiger partial charge in [0.05, 0.1) is 0 Å². The van der Waals surface area contributed by atoms with Crippen molar-refractivity contribution in [1.29, 1.82) is 0 Å². The van der Waals surface area contributed by atoms with E-state index in [0.29, 0.717) is 0 Å². The van der Waals surface area contributed by atoms with Crippen LogP contribution in [0.1, 0.15) is 0 Å². The van der Waals surface area contributed by atoms with Crippen molar-refractivity contribution < 1.29 is 5.11 Å². The predicted octanol–water partition coefficient (Wildman–Crippen LogP) is -0.469. The molecular formula is C4H3BrN2O3. The molecule has 0 unspecified atom stereocenters. The summed E-state index contributed by atoms with van der Waals surface area (Å²) in [4.78, 5) is 24.9. The molecule has 6 heteroatoms. The van der Waals surface area contributed by atoms with E-state index < -0.39 is 17.0 Å². The quantitative estimate of drug-likeness (QED) is 0.502. The molecule has 0 aliphatic carbocycles. The molecule has 1 heterocycles. The van der Waals surface area contributed by atoms with Crippen LogP contribution in [0.2, 0.25) is 0 Å². The van der Waals surface area contributed by atoms with E-state index in [4.69, 9.17) is 5.11 Å². The summed E-state index contributed by atoms with van der Waals surface area (Å²) in [7, 11) is 0. The molecule has 0 aliphatic heterocycles. The van der Waals surface area contributed by atoms with Crippen LogP contribution in [0.3, 0.4) is 0 Å². The van der Waals surface area contributed by atoms with Crippen LogP contribution < -0.4 is 11.2 Å². The van der Waals surface area contributed by atoms with E-state index in [-0.39, 0.29) is 4.60 Å². The Morgan fingerprint density at radius 3 is 2.40 bits per heavy atom. The molecule has 0 fully saturated rings. The minimum atomic E-state index is -0.810. The Morgan fingerprint density at radius 1 is 1.30 bits per heavy atom. The molecule has 1 rings (SSSR count). The Bertz CT molecular complexity index is 352. The zero-order chi connectivity index (χ0) is 7.72. The van der Waals surface area contributed by atoms with Gasteiger partial charge in [-0.1, -0.05) is 0 Å². The summed E-state index contributed by atoms with van der Waals surface area (Å²) in [6, 6.07) is 0. The molecule has 0 saturated heterocycles. The summed E-state index contributed by atoms with van der Waals surface area (Å²) in [5, 5.41) is 8.77. The summed E-state index contributed by atoms with van der Waals surface area (Å²) < 4.78 is -0.0127. The lowest BCUT2D eigenvalue weighted by Gasteiger charge is -1.90. The van der Waals surface area contributed by atoms with Gasteiger partial charge in [0.25, 0.3) is 5.56 Å². The van der Waals surface area contributed by atoms with Crippen LogP contribution in [0.25, 0.3) is 0 Å². The molecule has 0 amide bonds. The molecule has 0 spiro atoms. The molecule has 1 aromatic rings. The van der Waals surface area contributed by atoms with Crippen LogP contribution in [0.15, 0.2) is 14.2 Å². The standard InChI is InChI=1S/C4H3BrN2O3/c5-2-1(8)3(9)7-4(10)6-2/h8H,(H2,6,7,9,10). The Kier molecular flexibility index (Phi) is 1.62. The van der Waals surface area contributed by atoms with Gasteiger partial charge < -0.3 is 5.11 Å². The Labute approximate surface area is 62.9 Å². The number of hydrogen-bond donors (Lipinski definition) is 3. The third kappa shape index (κ3) is 1.10. The third-order valence-corrected chi connectivity index (χ3v) is 1.45. The van der Waals surface area contributed by atoms with Crippen molar-refractivity contribution in [3.8, 4) is 5.75 Å². The molecule has 0 aliphatic rings. The minimum Gasteiger partial charge on any atom is -0.501 e. The molecular weight excluding hydrogens is 204 g/mol. The zero-order valence-corrected chi connectivity index (χ0v) is 6.23. The first-order valence-corrected chi connectivity index (χ1v) is 3.11. The van der Waals surface area contributed by atoms with Gasteiger partial charge in [-0.2, -0.15) is 0 Å². The van der Waals surface area contributed by atoms with Gasteiger partial charge in [-0.25, -0.2) is 4.79 Å². The molecule has 0 saturated carbocycles. The van der Waals surface area contributed by atoms with E-state index in [1.165, 1.54) is 0 Å². The van der Waals surface area contributed by atoms with Crippen LogP contribution in [0.4, 0.5) is 0 Å². The van der Waals surface area contributed by atoms with E-state index in [1.54, 1.807) is 0 Å². The van der Waals surface area contributed by atoms with Crippen LogP contribution >= 0.6 is 15.9 Å². The second-order valence-electron chi connectivity index (χ2n) is 1.57. The number of rotatable bonds is 0. The van der Waals surface area contributed by atoms with E-state index in [1.807, 2.05) is 4.98 Å². The van der Waals surface area contributed by atoms with Gasteiger partial charge in [0.1, 0.15) is 4.60 Å². The second-order valence-corrected chi connectivity index (χ2v) is 2.36. The van der Waals surface area contributed by atoms with Crippen LogP contribution in [-0.2, 0) is 0 Å². The van der Waals surface area contributed by atoms with Crippen molar-refractivity contribution in [2.24, 2.45) is 0 Å². The van der Waals surface area contributed by atoms with Gasteiger partial charge in [-0.05, 0) is 15.9 Å². The average molecular weight is 207 g/mol. The van der Waals surface area contributed by atoms with E-state index >= 15 is 0 Å². The first-order valence-electron chi connectivity index (χ1n) is 2.32. The maximum atomic E-state index is 10.5. The van der Waals surface area contributed by atoms with Crippen molar-refractivity contribution in [2.75, 3.05) is 0 Å². The zero-order valence-electron chi connectivity index (χ0n) is 4.64.